The minimum atomic E-state index is -0.853. The van der Waals surface area contributed by atoms with Crippen molar-refractivity contribution in [3.8, 4) is 0 Å². The van der Waals surface area contributed by atoms with Crippen LogP contribution in [0.5, 0.6) is 0 Å². The second-order valence-corrected chi connectivity index (χ2v) is 6.65. The summed E-state index contributed by atoms with van der Waals surface area (Å²) in [5, 5.41) is 9.19. The molecule has 3 heteroatoms. The molecule has 3 rings (SSSR count). The highest BCUT2D eigenvalue weighted by molar-refractivity contribution is 5.87. The van der Waals surface area contributed by atoms with Crippen molar-refractivity contribution < 1.29 is 9.90 Å². The Morgan fingerprint density at radius 3 is 2.42 bits per heavy atom. The van der Waals surface area contributed by atoms with Crippen LogP contribution < -0.4 is 0 Å². The largest absolute Gasteiger partial charge is 0.478 e. The van der Waals surface area contributed by atoms with Crippen molar-refractivity contribution in [2.24, 2.45) is 0 Å². The molecule has 2 aromatic carbocycles. The SMILES string of the molecule is O=C(O)c1cccc(CN(CCc2ccccc2)C2CCCC2)c1. The Hall–Kier alpha value is -2.13. The molecule has 0 saturated heterocycles. The van der Waals surface area contributed by atoms with Crippen molar-refractivity contribution >= 4 is 5.97 Å². The van der Waals surface area contributed by atoms with E-state index in [1.807, 2.05) is 18.2 Å². The van der Waals surface area contributed by atoms with Crippen molar-refractivity contribution in [3.05, 3.63) is 71.3 Å². The summed E-state index contributed by atoms with van der Waals surface area (Å²) in [6.45, 7) is 1.85. The maximum Gasteiger partial charge on any atom is 0.335 e. The molecule has 0 atom stereocenters. The quantitative estimate of drug-likeness (QED) is 0.822. The lowest BCUT2D eigenvalue weighted by molar-refractivity contribution is 0.0696. The predicted octanol–water partition coefficient (Wildman–Crippen LogP) is 4.37. The van der Waals surface area contributed by atoms with Gasteiger partial charge in [0, 0.05) is 19.1 Å². The van der Waals surface area contributed by atoms with Crippen LogP contribution >= 0.6 is 0 Å². The summed E-state index contributed by atoms with van der Waals surface area (Å²) in [7, 11) is 0. The summed E-state index contributed by atoms with van der Waals surface area (Å²) in [6.07, 6.45) is 6.17. The van der Waals surface area contributed by atoms with Gasteiger partial charge < -0.3 is 5.11 Å². The zero-order valence-corrected chi connectivity index (χ0v) is 14.0. The van der Waals surface area contributed by atoms with Crippen LogP contribution in [0.1, 0.15) is 47.2 Å². The van der Waals surface area contributed by atoms with Gasteiger partial charge in [-0.2, -0.15) is 0 Å². The van der Waals surface area contributed by atoms with E-state index in [0.29, 0.717) is 11.6 Å². The molecular formula is C21H25NO2. The van der Waals surface area contributed by atoms with Gasteiger partial charge in [-0.05, 0) is 42.5 Å². The zero-order chi connectivity index (χ0) is 16.8. The van der Waals surface area contributed by atoms with E-state index in [0.717, 1.165) is 25.1 Å². The Bertz CT molecular complexity index is 663. The average molecular weight is 323 g/mol. The molecule has 0 amide bonds. The zero-order valence-electron chi connectivity index (χ0n) is 14.0. The van der Waals surface area contributed by atoms with Crippen LogP contribution in [0.2, 0.25) is 0 Å². The third-order valence-corrected chi connectivity index (χ3v) is 4.93. The Kier molecular flexibility index (Phi) is 5.65. The minimum absolute atomic E-state index is 0.377. The molecule has 1 N–H and O–H groups in total. The van der Waals surface area contributed by atoms with E-state index in [1.165, 1.54) is 31.2 Å². The fraction of sp³-hybridized carbons (Fsp3) is 0.381. The van der Waals surface area contributed by atoms with E-state index < -0.39 is 5.97 Å². The number of carbonyl (C=O) groups is 1. The summed E-state index contributed by atoms with van der Waals surface area (Å²) >= 11 is 0. The van der Waals surface area contributed by atoms with Crippen molar-refractivity contribution in [3.63, 3.8) is 0 Å². The van der Waals surface area contributed by atoms with Gasteiger partial charge in [0.1, 0.15) is 0 Å². The summed E-state index contributed by atoms with van der Waals surface area (Å²) in [5.74, 6) is -0.853. The van der Waals surface area contributed by atoms with Gasteiger partial charge in [-0.3, -0.25) is 4.90 Å². The van der Waals surface area contributed by atoms with Gasteiger partial charge in [-0.15, -0.1) is 0 Å². The van der Waals surface area contributed by atoms with Crippen LogP contribution in [0.25, 0.3) is 0 Å². The van der Waals surface area contributed by atoms with Crippen molar-refractivity contribution in [1.29, 1.82) is 0 Å². The van der Waals surface area contributed by atoms with Gasteiger partial charge in [0.05, 0.1) is 5.56 Å². The van der Waals surface area contributed by atoms with Gasteiger partial charge >= 0.3 is 5.97 Å². The average Bonchev–Trinajstić information content (AvgIpc) is 3.14. The Labute approximate surface area is 143 Å². The number of nitrogens with zero attached hydrogens (tertiary/aromatic N) is 1. The topological polar surface area (TPSA) is 40.5 Å². The molecule has 1 fully saturated rings. The first-order valence-electron chi connectivity index (χ1n) is 8.82. The third-order valence-electron chi connectivity index (χ3n) is 4.93. The maximum atomic E-state index is 11.2. The molecule has 126 valence electrons. The van der Waals surface area contributed by atoms with Gasteiger partial charge in [0.2, 0.25) is 0 Å². The molecule has 0 bridgehead atoms. The standard InChI is InChI=1S/C21H25NO2/c23-21(24)19-10-6-9-18(15-19)16-22(20-11-4-5-12-20)14-13-17-7-2-1-3-8-17/h1-3,6-10,15,20H,4-5,11-14,16H2,(H,23,24). The Morgan fingerprint density at radius 2 is 1.71 bits per heavy atom. The first-order chi connectivity index (χ1) is 11.7. The first kappa shape index (κ1) is 16.7. The highest BCUT2D eigenvalue weighted by Crippen LogP contribution is 2.25. The lowest BCUT2D eigenvalue weighted by Crippen LogP contribution is -2.34. The number of aromatic carboxylic acids is 1. The van der Waals surface area contributed by atoms with Crippen molar-refractivity contribution in [2.75, 3.05) is 6.54 Å². The number of carboxylic acids is 1. The second-order valence-electron chi connectivity index (χ2n) is 6.65. The van der Waals surface area contributed by atoms with Crippen LogP contribution in [0.15, 0.2) is 54.6 Å². The molecule has 1 aliphatic rings. The number of benzene rings is 2. The number of rotatable bonds is 7. The minimum Gasteiger partial charge on any atom is -0.478 e. The molecule has 0 radical (unpaired) electrons. The highest BCUT2D eigenvalue weighted by atomic mass is 16.4. The van der Waals surface area contributed by atoms with Crippen LogP contribution in [0.3, 0.4) is 0 Å². The molecule has 0 heterocycles. The summed E-state index contributed by atoms with van der Waals surface area (Å²) in [6, 6.07) is 18.6. The van der Waals surface area contributed by atoms with E-state index in [1.54, 1.807) is 6.07 Å². The third kappa shape index (κ3) is 4.45. The number of hydrogen-bond donors (Lipinski definition) is 1. The predicted molar refractivity (Wildman–Crippen MR) is 96.2 cm³/mol. The number of hydrogen-bond acceptors (Lipinski definition) is 2. The van der Waals surface area contributed by atoms with E-state index in [2.05, 4.69) is 35.2 Å². The molecule has 0 aliphatic heterocycles. The lowest BCUT2D eigenvalue weighted by atomic mass is 10.1. The van der Waals surface area contributed by atoms with E-state index in [9.17, 15) is 9.90 Å². The van der Waals surface area contributed by atoms with Crippen LogP contribution in [-0.4, -0.2) is 28.6 Å². The van der Waals surface area contributed by atoms with Gasteiger partial charge in [0.15, 0.2) is 0 Å². The smallest absolute Gasteiger partial charge is 0.335 e. The summed E-state index contributed by atoms with van der Waals surface area (Å²) in [5.41, 5.74) is 2.83. The molecule has 2 aromatic rings. The molecule has 24 heavy (non-hydrogen) atoms. The fourth-order valence-electron chi connectivity index (χ4n) is 3.61. The van der Waals surface area contributed by atoms with Crippen LogP contribution in [-0.2, 0) is 13.0 Å². The van der Waals surface area contributed by atoms with Gasteiger partial charge in [0.25, 0.3) is 0 Å². The molecule has 3 nitrogen and oxygen atoms in total. The number of carboxylic acid groups (broad SMARTS) is 1. The first-order valence-corrected chi connectivity index (χ1v) is 8.82. The van der Waals surface area contributed by atoms with Gasteiger partial charge in [-0.25, -0.2) is 4.79 Å². The highest BCUT2D eigenvalue weighted by Gasteiger charge is 2.22. The Balaban J connectivity index is 1.70. The Morgan fingerprint density at radius 1 is 1.00 bits per heavy atom. The molecule has 0 aromatic heterocycles. The van der Waals surface area contributed by atoms with E-state index in [4.69, 9.17) is 0 Å². The van der Waals surface area contributed by atoms with E-state index in [-0.39, 0.29) is 0 Å². The second kappa shape index (κ2) is 8.11. The maximum absolute atomic E-state index is 11.2. The molecule has 1 saturated carbocycles. The molecule has 0 unspecified atom stereocenters. The molecular weight excluding hydrogens is 298 g/mol. The van der Waals surface area contributed by atoms with Gasteiger partial charge in [-0.1, -0.05) is 55.3 Å². The lowest BCUT2D eigenvalue weighted by Gasteiger charge is -2.29. The fourth-order valence-corrected chi connectivity index (χ4v) is 3.61. The molecule has 1 aliphatic carbocycles. The normalized spacial score (nSPS) is 15.0. The van der Waals surface area contributed by atoms with Crippen LogP contribution in [0.4, 0.5) is 0 Å². The monoisotopic (exact) mass is 323 g/mol. The van der Waals surface area contributed by atoms with Crippen molar-refractivity contribution in [1.82, 2.24) is 4.90 Å². The van der Waals surface area contributed by atoms with Crippen LogP contribution in [0, 0.1) is 0 Å². The summed E-state index contributed by atoms with van der Waals surface area (Å²) in [4.78, 5) is 13.7. The molecule has 0 spiro atoms. The van der Waals surface area contributed by atoms with E-state index >= 15 is 0 Å². The van der Waals surface area contributed by atoms with Crippen molar-refractivity contribution in [2.45, 2.75) is 44.7 Å². The summed E-state index contributed by atoms with van der Waals surface area (Å²) < 4.78 is 0.